The van der Waals surface area contributed by atoms with Gasteiger partial charge in [0.15, 0.2) is 0 Å². The van der Waals surface area contributed by atoms with E-state index in [9.17, 15) is 14.7 Å². The largest absolute Gasteiger partial charge is 0.480 e. The molecule has 5 heteroatoms. The van der Waals surface area contributed by atoms with Crippen molar-refractivity contribution in [3.05, 3.63) is 29.8 Å². The predicted octanol–water partition coefficient (Wildman–Crippen LogP) is 1.91. The lowest BCUT2D eigenvalue weighted by Crippen LogP contribution is -2.49. The summed E-state index contributed by atoms with van der Waals surface area (Å²) in [6, 6.07) is 6.76. The summed E-state index contributed by atoms with van der Waals surface area (Å²) in [4.78, 5) is 25.2. The van der Waals surface area contributed by atoms with Crippen LogP contribution < -0.4 is 5.73 Å². The van der Waals surface area contributed by atoms with Gasteiger partial charge in [0.1, 0.15) is 6.04 Å². The molecule has 2 atom stereocenters. The van der Waals surface area contributed by atoms with E-state index in [4.69, 9.17) is 5.73 Å². The molecular formula is C16H22N2O3. The highest BCUT2D eigenvalue weighted by molar-refractivity contribution is 5.84. The first-order chi connectivity index (χ1) is 9.97. The number of aryl methyl sites for hydroxylation is 1. The van der Waals surface area contributed by atoms with E-state index in [1.807, 2.05) is 25.1 Å². The zero-order valence-corrected chi connectivity index (χ0v) is 12.3. The van der Waals surface area contributed by atoms with Crippen molar-refractivity contribution in [3.8, 4) is 0 Å². The molecule has 0 spiro atoms. The maximum atomic E-state index is 12.3. The molecule has 1 aromatic carbocycles. The number of nitrogen functional groups attached to an aromatic ring is 1. The van der Waals surface area contributed by atoms with Crippen molar-refractivity contribution in [2.75, 3.05) is 12.3 Å². The van der Waals surface area contributed by atoms with E-state index < -0.39 is 12.0 Å². The van der Waals surface area contributed by atoms with Crippen LogP contribution in [0.25, 0.3) is 0 Å². The molecule has 2 rings (SSSR count). The Balaban J connectivity index is 1.97. The number of carbonyl (C=O) groups excluding carboxylic acids is 1. The highest BCUT2D eigenvalue weighted by Gasteiger charge is 2.34. The number of nitrogens with zero attached hydrogens (tertiary/aromatic N) is 1. The van der Waals surface area contributed by atoms with Crippen molar-refractivity contribution < 1.29 is 14.7 Å². The standard InChI is InChI=1S/C16H22N2O3/c1-11-7-8-18(14(9-11)16(20)21)15(19)6-5-12-3-2-4-13(17)10-12/h2-4,10-11,14H,5-9,17H2,1H3,(H,20,21). The summed E-state index contributed by atoms with van der Waals surface area (Å²) >= 11 is 0. The maximum Gasteiger partial charge on any atom is 0.326 e. The quantitative estimate of drug-likeness (QED) is 0.830. The number of amides is 1. The van der Waals surface area contributed by atoms with Gasteiger partial charge in [-0.15, -0.1) is 0 Å². The molecule has 3 N–H and O–H groups in total. The van der Waals surface area contributed by atoms with Crippen molar-refractivity contribution in [1.29, 1.82) is 0 Å². The van der Waals surface area contributed by atoms with Crippen LogP contribution in [0.15, 0.2) is 24.3 Å². The SMILES string of the molecule is CC1CCN(C(=O)CCc2cccc(N)c2)C(C(=O)O)C1. The van der Waals surface area contributed by atoms with Crippen molar-refractivity contribution in [1.82, 2.24) is 4.90 Å². The van der Waals surface area contributed by atoms with Crippen LogP contribution in [0, 0.1) is 5.92 Å². The van der Waals surface area contributed by atoms with Crippen LogP contribution in [0.5, 0.6) is 0 Å². The molecule has 2 unspecified atom stereocenters. The van der Waals surface area contributed by atoms with Gasteiger partial charge >= 0.3 is 5.97 Å². The molecule has 1 amide bonds. The monoisotopic (exact) mass is 290 g/mol. The summed E-state index contributed by atoms with van der Waals surface area (Å²) in [7, 11) is 0. The third-order valence-electron chi connectivity index (χ3n) is 4.05. The Labute approximate surface area is 124 Å². The Morgan fingerprint density at radius 2 is 2.19 bits per heavy atom. The van der Waals surface area contributed by atoms with Gasteiger partial charge in [-0.05, 0) is 42.9 Å². The molecule has 0 aliphatic carbocycles. The van der Waals surface area contributed by atoms with Gasteiger partial charge in [0.2, 0.25) is 5.91 Å². The van der Waals surface area contributed by atoms with Crippen LogP contribution in [0.1, 0.15) is 31.7 Å². The number of anilines is 1. The van der Waals surface area contributed by atoms with Crippen LogP contribution in [-0.2, 0) is 16.0 Å². The number of carbonyl (C=O) groups is 2. The fourth-order valence-electron chi connectivity index (χ4n) is 2.82. The minimum atomic E-state index is -0.904. The van der Waals surface area contributed by atoms with Crippen LogP contribution in [0.3, 0.4) is 0 Å². The van der Waals surface area contributed by atoms with Crippen LogP contribution >= 0.6 is 0 Å². The fourth-order valence-corrected chi connectivity index (χ4v) is 2.82. The van der Waals surface area contributed by atoms with Crippen molar-refractivity contribution >= 4 is 17.6 Å². The van der Waals surface area contributed by atoms with Gasteiger partial charge in [0.05, 0.1) is 0 Å². The molecule has 114 valence electrons. The molecular weight excluding hydrogens is 268 g/mol. The topological polar surface area (TPSA) is 83.6 Å². The number of rotatable bonds is 4. The summed E-state index contributed by atoms with van der Waals surface area (Å²) < 4.78 is 0. The van der Waals surface area contributed by atoms with Gasteiger partial charge < -0.3 is 15.7 Å². The lowest BCUT2D eigenvalue weighted by molar-refractivity contribution is -0.153. The molecule has 0 radical (unpaired) electrons. The summed E-state index contributed by atoms with van der Waals surface area (Å²) in [5, 5.41) is 9.29. The summed E-state index contributed by atoms with van der Waals surface area (Å²) in [5.74, 6) is -0.639. The second-order valence-corrected chi connectivity index (χ2v) is 5.82. The smallest absolute Gasteiger partial charge is 0.326 e. The number of nitrogens with two attached hydrogens (primary N) is 1. The van der Waals surface area contributed by atoms with Gasteiger partial charge in [-0.3, -0.25) is 4.79 Å². The molecule has 1 fully saturated rings. The van der Waals surface area contributed by atoms with E-state index in [1.165, 1.54) is 4.90 Å². The molecule has 0 saturated carbocycles. The predicted molar refractivity (Wildman–Crippen MR) is 80.7 cm³/mol. The molecule has 1 saturated heterocycles. The fraction of sp³-hybridized carbons (Fsp3) is 0.500. The molecule has 1 heterocycles. The Morgan fingerprint density at radius 3 is 2.86 bits per heavy atom. The molecule has 5 nitrogen and oxygen atoms in total. The minimum Gasteiger partial charge on any atom is -0.480 e. The first-order valence-corrected chi connectivity index (χ1v) is 7.34. The third-order valence-corrected chi connectivity index (χ3v) is 4.05. The van der Waals surface area contributed by atoms with Crippen LogP contribution in [0.4, 0.5) is 5.69 Å². The first-order valence-electron chi connectivity index (χ1n) is 7.34. The second kappa shape index (κ2) is 6.61. The van der Waals surface area contributed by atoms with Gasteiger partial charge in [0, 0.05) is 18.7 Å². The molecule has 0 aromatic heterocycles. The van der Waals surface area contributed by atoms with Gasteiger partial charge in [-0.25, -0.2) is 4.79 Å². The molecule has 1 aromatic rings. The molecule has 21 heavy (non-hydrogen) atoms. The molecule has 1 aliphatic rings. The van der Waals surface area contributed by atoms with Gasteiger partial charge in [0.25, 0.3) is 0 Å². The van der Waals surface area contributed by atoms with Gasteiger partial charge in [-0.1, -0.05) is 19.1 Å². The average Bonchev–Trinajstić information content (AvgIpc) is 2.44. The summed E-state index contributed by atoms with van der Waals surface area (Å²) in [6.45, 7) is 2.57. The summed E-state index contributed by atoms with van der Waals surface area (Å²) in [5.41, 5.74) is 7.39. The number of carboxylic acid groups (broad SMARTS) is 1. The zero-order valence-electron chi connectivity index (χ0n) is 12.3. The van der Waals surface area contributed by atoms with Crippen molar-refractivity contribution in [3.63, 3.8) is 0 Å². The van der Waals surface area contributed by atoms with E-state index in [0.717, 1.165) is 12.0 Å². The van der Waals surface area contributed by atoms with Crippen molar-refractivity contribution in [2.45, 2.75) is 38.6 Å². The Morgan fingerprint density at radius 1 is 1.43 bits per heavy atom. The Hall–Kier alpha value is -2.04. The minimum absolute atomic E-state index is 0.0864. The van der Waals surface area contributed by atoms with Gasteiger partial charge in [-0.2, -0.15) is 0 Å². The number of hydrogen-bond donors (Lipinski definition) is 2. The number of piperidine rings is 1. The van der Waals surface area contributed by atoms with E-state index in [2.05, 4.69) is 0 Å². The lowest BCUT2D eigenvalue weighted by Gasteiger charge is -2.36. The third kappa shape index (κ3) is 3.97. The number of hydrogen-bond acceptors (Lipinski definition) is 3. The van der Waals surface area contributed by atoms with E-state index >= 15 is 0 Å². The van der Waals surface area contributed by atoms with E-state index in [0.29, 0.717) is 37.4 Å². The number of benzene rings is 1. The molecule has 1 aliphatic heterocycles. The summed E-state index contributed by atoms with van der Waals surface area (Å²) in [6.07, 6.45) is 2.32. The zero-order chi connectivity index (χ0) is 15.4. The normalized spacial score (nSPS) is 22.0. The lowest BCUT2D eigenvalue weighted by atomic mass is 9.92. The maximum absolute atomic E-state index is 12.3. The first kappa shape index (κ1) is 15.4. The van der Waals surface area contributed by atoms with E-state index in [1.54, 1.807) is 6.07 Å². The number of carboxylic acids is 1. The highest BCUT2D eigenvalue weighted by atomic mass is 16.4. The second-order valence-electron chi connectivity index (χ2n) is 5.82. The average molecular weight is 290 g/mol. The Kier molecular flexibility index (Phi) is 4.83. The van der Waals surface area contributed by atoms with Crippen LogP contribution in [0.2, 0.25) is 0 Å². The van der Waals surface area contributed by atoms with E-state index in [-0.39, 0.29) is 5.91 Å². The Bertz CT molecular complexity index is 530. The van der Waals surface area contributed by atoms with Crippen LogP contribution in [-0.4, -0.2) is 34.5 Å². The van der Waals surface area contributed by atoms with Crippen molar-refractivity contribution in [2.24, 2.45) is 5.92 Å². The molecule has 0 bridgehead atoms. The number of aliphatic carboxylic acids is 1. The highest BCUT2D eigenvalue weighted by Crippen LogP contribution is 2.23. The number of likely N-dealkylation sites (tertiary alicyclic amines) is 1.